The minimum atomic E-state index is -0.531. The average Bonchev–Trinajstić information content (AvgIpc) is 3.14. The van der Waals surface area contributed by atoms with E-state index in [9.17, 15) is 9.59 Å². The molecule has 0 spiro atoms. The van der Waals surface area contributed by atoms with Gasteiger partial charge in [-0.25, -0.2) is 0 Å². The first-order valence-electron chi connectivity index (χ1n) is 22.9. The topological polar surface area (TPSA) is 61.8 Å². The molecule has 0 aliphatic heterocycles. The maximum Gasteiger partial charge on any atom is 0.306 e. The van der Waals surface area contributed by atoms with Crippen molar-refractivity contribution in [2.45, 2.75) is 245 Å². The van der Waals surface area contributed by atoms with Crippen LogP contribution in [0.15, 0.2) is 24.3 Å². The summed E-state index contributed by atoms with van der Waals surface area (Å²) in [6.45, 7) is 7.77. The summed E-state index contributed by atoms with van der Waals surface area (Å²) in [5, 5.41) is 0. The zero-order chi connectivity index (χ0) is 37.8. The summed E-state index contributed by atoms with van der Waals surface area (Å²) in [5.74, 6) is -0.402. The third kappa shape index (κ3) is 41.1. The Labute approximate surface area is 324 Å². The van der Waals surface area contributed by atoms with Crippen molar-refractivity contribution in [2.24, 2.45) is 0 Å². The quantitative estimate of drug-likeness (QED) is 0.0355. The molecule has 0 aromatic heterocycles. The van der Waals surface area contributed by atoms with Crippen LogP contribution in [-0.2, 0) is 23.8 Å². The molecule has 52 heavy (non-hydrogen) atoms. The first-order chi connectivity index (χ1) is 25.6. The molecule has 0 saturated carbocycles. The Morgan fingerprint density at radius 1 is 0.423 bits per heavy atom. The van der Waals surface area contributed by atoms with Crippen LogP contribution < -0.4 is 0 Å². The molecule has 1 unspecified atom stereocenters. The van der Waals surface area contributed by atoms with Gasteiger partial charge in [0.05, 0.1) is 6.61 Å². The van der Waals surface area contributed by atoms with Gasteiger partial charge >= 0.3 is 11.9 Å². The van der Waals surface area contributed by atoms with E-state index in [-0.39, 0.29) is 18.5 Å². The highest BCUT2D eigenvalue weighted by Crippen LogP contribution is 2.15. The molecule has 0 N–H and O–H groups in total. The molecule has 0 radical (unpaired) electrons. The predicted octanol–water partition coefficient (Wildman–Crippen LogP) is 14.9. The second-order valence-electron chi connectivity index (χ2n) is 15.3. The fourth-order valence-corrected chi connectivity index (χ4v) is 6.55. The van der Waals surface area contributed by atoms with Crippen LogP contribution in [0.25, 0.3) is 0 Å². The van der Waals surface area contributed by atoms with Gasteiger partial charge in [-0.2, -0.15) is 0 Å². The zero-order valence-electron chi connectivity index (χ0n) is 35.1. The summed E-state index contributed by atoms with van der Waals surface area (Å²) in [4.78, 5) is 25.2. The van der Waals surface area contributed by atoms with Gasteiger partial charge in [0.1, 0.15) is 6.61 Å². The summed E-state index contributed by atoms with van der Waals surface area (Å²) < 4.78 is 17.3. The number of rotatable bonds is 42. The summed E-state index contributed by atoms with van der Waals surface area (Å²) in [6.07, 6.45) is 48.8. The van der Waals surface area contributed by atoms with Crippen molar-refractivity contribution in [3.8, 4) is 0 Å². The lowest BCUT2D eigenvalue weighted by Gasteiger charge is -2.18. The Balaban J connectivity index is 4.23. The number of esters is 2. The molecule has 5 nitrogen and oxygen atoms in total. The Bertz CT molecular complexity index is 791. The molecule has 5 heteroatoms. The van der Waals surface area contributed by atoms with Crippen molar-refractivity contribution in [3.05, 3.63) is 24.3 Å². The van der Waals surface area contributed by atoms with Gasteiger partial charge in [0.2, 0.25) is 0 Å². The maximum absolute atomic E-state index is 12.7. The van der Waals surface area contributed by atoms with Crippen molar-refractivity contribution in [1.82, 2.24) is 0 Å². The normalized spacial score (nSPS) is 12.3. The summed E-state index contributed by atoms with van der Waals surface area (Å²) in [5.41, 5.74) is 0. The Morgan fingerprint density at radius 2 is 0.846 bits per heavy atom. The molecule has 0 aromatic carbocycles. The number of unbranched alkanes of at least 4 members (excludes halogenated alkanes) is 27. The van der Waals surface area contributed by atoms with Crippen LogP contribution in [-0.4, -0.2) is 37.9 Å². The van der Waals surface area contributed by atoms with Crippen molar-refractivity contribution >= 4 is 11.9 Å². The van der Waals surface area contributed by atoms with Crippen LogP contribution >= 0.6 is 0 Å². The van der Waals surface area contributed by atoms with Gasteiger partial charge in [-0.05, 0) is 44.9 Å². The Kier molecular flexibility index (Phi) is 42.4. The largest absolute Gasteiger partial charge is 0.462 e. The van der Waals surface area contributed by atoms with Gasteiger partial charge in [0.25, 0.3) is 0 Å². The predicted molar refractivity (Wildman–Crippen MR) is 224 cm³/mol. The highest BCUT2D eigenvalue weighted by atomic mass is 16.6. The van der Waals surface area contributed by atoms with Crippen LogP contribution in [0.3, 0.4) is 0 Å². The first kappa shape index (κ1) is 50.4. The standard InChI is InChI=1S/C47H88O5/c1-4-7-10-13-16-19-22-24-26-28-31-34-37-40-46(48)51-44-45(43-50-42-39-36-33-30-21-18-15-12-9-6-3)52-47(49)41-38-35-32-29-27-25-23-20-17-14-11-8-5-2/h10,13,19,22,45H,4-9,11-12,14-18,20-21,23-44H2,1-3H3/b13-10-,22-19-. The number of hydrogen-bond donors (Lipinski definition) is 0. The molecule has 1 atom stereocenters. The number of ether oxygens (including phenoxy) is 3. The third-order valence-corrected chi connectivity index (χ3v) is 9.97. The van der Waals surface area contributed by atoms with Crippen LogP contribution in [0.4, 0.5) is 0 Å². The van der Waals surface area contributed by atoms with E-state index in [1.807, 2.05) is 0 Å². The van der Waals surface area contributed by atoms with Crippen molar-refractivity contribution in [3.63, 3.8) is 0 Å². The van der Waals surface area contributed by atoms with Crippen LogP contribution in [0.1, 0.15) is 239 Å². The minimum Gasteiger partial charge on any atom is -0.462 e. The van der Waals surface area contributed by atoms with E-state index < -0.39 is 6.10 Å². The lowest BCUT2D eigenvalue weighted by atomic mass is 10.0. The van der Waals surface area contributed by atoms with Gasteiger partial charge in [0.15, 0.2) is 6.10 Å². The smallest absolute Gasteiger partial charge is 0.306 e. The average molecular weight is 733 g/mol. The number of carbonyl (C=O) groups excluding carboxylic acids is 2. The highest BCUT2D eigenvalue weighted by Gasteiger charge is 2.17. The van der Waals surface area contributed by atoms with Gasteiger partial charge < -0.3 is 14.2 Å². The van der Waals surface area contributed by atoms with Crippen molar-refractivity contribution < 1.29 is 23.8 Å². The lowest BCUT2D eigenvalue weighted by Crippen LogP contribution is -2.30. The van der Waals surface area contributed by atoms with E-state index in [1.165, 1.54) is 154 Å². The van der Waals surface area contributed by atoms with Crippen LogP contribution in [0, 0.1) is 0 Å². The van der Waals surface area contributed by atoms with Gasteiger partial charge in [-0.1, -0.05) is 206 Å². The molecule has 0 aliphatic carbocycles. The summed E-state index contributed by atoms with van der Waals surface area (Å²) in [6, 6.07) is 0. The van der Waals surface area contributed by atoms with E-state index in [0.717, 1.165) is 51.4 Å². The highest BCUT2D eigenvalue weighted by molar-refractivity contribution is 5.70. The van der Waals surface area contributed by atoms with E-state index in [1.54, 1.807) is 0 Å². The molecule has 0 rings (SSSR count). The molecule has 0 aliphatic rings. The van der Waals surface area contributed by atoms with E-state index in [2.05, 4.69) is 45.1 Å². The van der Waals surface area contributed by atoms with E-state index in [4.69, 9.17) is 14.2 Å². The second-order valence-corrected chi connectivity index (χ2v) is 15.3. The molecular formula is C47H88O5. The minimum absolute atomic E-state index is 0.0845. The molecular weight excluding hydrogens is 645 g/mol. The van der Waals surface area contributed by atoms with Crippen LogP contribution in [0.5, 0.6) is 0 Å². The number of carbonyl (C=O) groups is 2. The Hall–Kier alpha value is -1.62. The van der Waals surface area contributed by atoms with Gasteiger partial charge in [-0.3, -0.25) is 9.59 Å². The number of allylic oxidation sites excluding steroid dienone is 4. The summed E-state index contributed by atoms with van der Waals surface area (Å²) >= 11 is 0. The van der Waals surface area contributed by atoms with Gasteiger partial charge in [0, 0.05) is 19.4 Å². The first-order valence-corrected chi connectivity index (χ1v) is 22.9. The molecule has 0 saturated heterocycles. The fourth-order valence-electron chi connectivity index (χ4n) is 6.55. The lowest BCUT2D eigenvalue weighted by molar-refractivity contribution is -0.163. The Morgan fingerprint density at radius 3 is 1.35 bits per heavy atom. The molecule has 0 fully saturated rings. The molecule has 0 aromatic rings. The third-order valence-electron chi connectivity index (χ3n) is 9.97. The fraction of sp³-hybridized carbons (Fsp3) is 0.872. The summed E-state index contributed by atoms with van der Waals surface area (Å²) in [7, 11) is 0. The SMILES string of the molecule is CCC/C=C\C/C=C\CCCCCCCC(=O)OCC(COCCCCCCCCCCCC)OC(=O)CCCCCCCCCCCCCCC. The maximum atomic E-state index is 12.7. The number of hydrogen-bond acceptors (Lipinski definition) is 5. The molecule has 0 amide bonds. The van der Waals surface area contributed by atoms with Crippen molar-refractivity contribution in [1.29, 1.82) is 0 Å². The second kappa shape index (κ2) is 43.8. The zero-order valence-corrected chi connectivity index (χ0v) is 35.1. The van der Waals surface area contributed by atoms with Crippen molar-refractivity contribution in [2.75, 3.05) is 19.8 Å². The molecule has 0 heterocycles. The monoisotopic (exact) mass is 733 g/mol. The van der Waals surface area contributed by atoms with E-state index >= 15 is 0 Å². The van der Waals surface area contributed by atoms with Gasteiger partial charge in [-0.15, -0.1) is 0 Å². The van der Waals surface area contributed by atoms with E-state index in [0.29, 0.717) is 26.1 Å². The molecule has 0 bridgehead atoms. The molecule has 306 valence electrons. The van der Waals surface area contributed by atoms with Crippen LogP contribution in [0.2, 0.25) is 0 Å².